The predicted octanol–water partition coefficient (Wildman–Crippen LogP) is 4.19. The number of carbonyl (C=O) groups excluding carboxylic acids is 1. The molecule has 0 N–H and O–H groups in total. The maximum Gasteiger partial charge on any atom is 0.169 e. The van der Waals surface area contributed by atoms with Gasteiger partial charge in [0.25, 0.3) is 0 Å². The molecule has 0 aliphatic carbocycles. The highest BCUT2D eigenvalue weighted by molar-refractivity contribution is 9.10. The van der Waals surface area contributed by atoms with E-state index in [1.807, 2.05) is 41.8 Å². The maximum absolute atomic E-state index is 11.5. The summed E-state index contributed by atoms with van der Waals surface area (Å²) in [6, 6.07) is 9.97. The summed E-state index contributed by atoms with van der Waals surface area (Å²) in [7, 11) is 0. The van der Waals surface area contributed by atoms with Crippen LogP contribution in [0.1, 0.15) is 21.6 Å². The largest absolute Gasteiger partial charge is 0.296 e. The average Bonchev–Trinajstić information content (AvgIpc) is 2.76. The van der Waals surface area contributed by atoms with Crippen molar-refractivity contribution in [2.45, 2.75) is 13.8 Å². The number of benzene rings is 1. The highest BCUT2D eigenvalue weighted by Gasteiger charge is 2.15. The SMILES string of the molecule is Cc1ccc(-c2nc3ccc(Br)cn3c2C=O)c(C)c1. The summed E-state index contributed by atoms with van der Waals surface area (Å²) in [6.45, 7) is 4.09. The summed E-state index contributed by atoms with van der Waals surface area (Å²) in [4.78, 5) is 16.1. The molecule has 4 heteroatoms. The third-order valence-electron chi connectivity index (χ3n) is 3.37. The minimum atomic E-state index is 0.577. The Balaban J connectivity index is 2.33. The molecule has 0 aliphatic heterocycles. The van der Waals surface area contributed by atoms with E-state index in [4.69, 9.17) is 0 Å². The number of rotatable bonds is 2. The normalized spacial score (nSPS) is 10.9. The topological polar surface area (TPSA) is 34.4 Å². The molecule has 2 heterocycles. The standard InChI is InChI=1S/C16H13BrN2O/c1-10-3-5-13(11(2)7-10)16-14(9-20)19-8-12(17)4-6-15(19)18-16/h3-9H,1-2H3. The molecule has 0 saturated carbocycles. The number of fused-ring (bicyclic) bond motifs is 1. The van der Waals surface area contributed by atoms with Gasteiger partial charge in [0.05, 0.1) is 0 Å². The number of pyridine rings is 1. The molecule has 0 saturated heterocycles. The van der Waals surface area contributed by atoms with Crippen molar-refractivity contribution in [3.8, 4) is 11.3 Å². The zero-order valence-corrected chi connectivity index (χ0v) is 12.8. The Morgan fingerprint density at radius 1 is 1.20 bits per heavy atom. The van der Waals surface area contributed by atoms with E-state index in [2.05, 4.69) is 33.9 Å². The molecule has 3 aromatic rings. The zero-order chi connectivity index (χ0) is 14.3. The van der Waals surface area contributed by atoms with E-state index in [1.165, 1.54) is 5.56 Å². The Bertz CT molecular complexity index is 821. The van der Waals surface area contributed by atoms with E-state index in [0.29, 0.717) is 5.69 Å². The van der Waals surface area contributed by atoms with E-state index in [0.717, 1.165) is 33.2 Å². The van der Waals surface area contributed by atoms with Crippen molar-refractivity contribution in [3.05, 3.63) is 57.8 Å². The van der Waals surface area contributed by atoms with Crippen LogP contribution in [0.15, 0.2) is 41.0 Å². The Kier molecular flexibility index (Phi) is 3.18. The van der Waals surface area contributed by atoms with Crippen molar-refractivity contribution in [1.82, 2.24) is 9.38 Å². The molecule has 3 nitrogen and oxygen atoms in total. The van der Waals surface area contributed by atoms with Crippen molar-refractivity contribution in [1.29, 1.82) is 0 Å². The van der Waals surface area contributed by atoms with E-state index in [-0.39, 0.29) is 0 Å². The van der Waals surface area contributed by atoms with E-state index in [1.54, 1.807) is 0 Å². The van der Waals surface area contributed by atoms with Crippen molar-refractivity contribution < 1.29 is 4.79 Å². The van der Waals surface area contributed by atoms with Crippen LogP contribution in [0, 0.1) is 13.8 Å². The van der Waals surface area contributed by atoms with Crippen LogP contribution in [0.4, 0.5) is 0 Å². The molecule has 1 aromatic carbocycles. The summed E-state index contributed by atoms with van der Waals surface area (Å²) in [6.07, 6.45) is 2.72. The number of nitrogens with zero attached hydrogens (tertiary/aromatic N) is 2. The molecule has 0 unspecified atom stereocenters. The van der Waals surface area contributed by atoms with Crippen LogP contribution in [-0.4, -0.2) is 15.7 Å². The van der Waals surface area contributed by atoms with Crippen LogP contribution in [0.5, 0.6) is 0 Å². The lowest BCUT2D eigenvalue weighted by atomic mass is 10.0. The highest BCUT2D eigenvalue weighted by Crippen LogP contribution is 2.27. The summed E-state index contributed by atoms with van der Waals surface area (Å²) < 4.78 is 2.73. The maximum atomic E-state index is 11.5. The van der Waals surface area contributed by atoms with Crippen molar-refractivity contribution in [3.63, 3.8) is 0 Å². The molecule has 0 aliphatic rings. The van der Waals surface area contributed by atoms with E-state index in [9.17, 15) is 4.79 Å². The smallest absolute Gasteiger partial charge is 0.169 e. The number of hydrogen-bond acceptors (Lipinski definition) is 2. The molecule has 0 bridgehead atoms. The first-order valence-electron chi connectivity index (χ1n) is 6.30. The Labute approximate surface area is 125 Å². The molecule has 100 valence electrons. The van der Waals surface area contributed by atoms with Crippen LogP contribution in [-0.2, 0) is 0 Å². The lowest BCUT2D eigenvalue weighted by Gasteiger charge is -2.04. The first-order chi connectivity index (χ1) is 9.60. The minimum Gasteiger partial charge on any atom is -0.296 e. The monoisotopic (exact) mass is 328 g/mol. The second kappa shape index (κ2) is 4.87. The number of hydrogen-bond donors (Lipinski definition) is 0. The lowest BCUT2D eigenvalue weighted by Crippen LogP contribution is -1.93. The van der Waals surface area contributed by atoms with E-state index >= 15 is 0 Å². The van der Waals surface area contributed by atoms with E-state index < -0.39 is 0 Å². The minimum absolute atomic E-state index is 0.577. The average molecular weight is 329 g/mol. The molecule has 3 rings (SSSR count). The van der Waals surface area contributed by atoms with Gasteiger partial charge in [-0.3, -0.25) is 9.20 Å². The second-order valence-corrected chi connectivity index (χ2v) is 5.77. The molecular formula is C16H13BrN2O. The fourth-order valence-corrected chi connectivity index (χ4v) is 2.76. The second-order valence-electron chi connectivity index (χ2n) is 4.86. The molecule has 0 amide bonds. The number of aldehydes is 1. The molecule has 0 radical (unpaired) electrons. The summed E-state index contributed by atoms with van der Waals surface area (Å²) in [5.74, 6) is 0. The fourth-order valence-electron chi connectivity index (χ4n) is 2.43. The molecule has 2 aromatic heterocycles. The zero-order valence-electron chi connectivity index (χ0n) is 11.2. The summed E-state index contributed by atoms with van der Waals surface area (Å²) >= 11 is 3.42. The number of imidazole rings is 1. The lowest BCUT2D eigenvalue weighted by molar-refractivity contribution is 0.111. The van der Waals surface area contributed by atoms with Gasteiger partial charge in [-0.05, 0) is 47.5 Å². The summed E-state index contributed by atoms with van der Waals surface area (Å²) in [5.41, 5.74) is 5.40. The first kappa shape index (κ1) is 13.1. The van der Waals surface area contributed by atoms with Gasteiger partial charge >= 0.3 is 0 Å². The first-order valence-corrected chi connectivity index (χ1v) is 7.10. The molecular weight excluding hydrogens is 316 g/mol. The number of aryl methyl sites for hydroxylation is 2. The third-order valence-corrected chi connectivity index (χ3v) is 3.84. The molecule has 0 atom stereocenters. The molecule has 0 fully saturated rings. The van der Waals surface area contributed by atoms with Gasteiger partial charge in [0.2, 0.25) is 0 Å². The van der Waals surface area contributed by atoms with Gasteiger partial charge in [0, 0.05) is 16.2 Å². The fraction of sp³-hybridized carbons (Fsp3) is 0.125. The van der Waals surface area contributed by atoms with Crippen molar-refractivity contribution in [2.75, 3.05) is 0 Å². The Morgan fingerprint density at radius 2 is 2.00 bits per heavy atom. The number of halogens is 1. The van der Waals surface area contributed by atoms with Gasteiger partial charge < -0.3 is 0 Å². The predicted molar refractivity (Wildman–Crippen MR) is 83.2 cm³/mol. The molecule has 0 spiro atoms. The van der Waals surface area contributed by atoms with Crippen LogP contribution < -0.4 is 0 Å². The highest BCUT2D eigenvalue weighted by atomic mass is 79.9. The van der Waals surface area contributed by atoms with Gasteiger partial charge in [-0.15, -0.1) is 0 Å². The van der Waals surface area contributed by atoms with Crippen LogP contribution in [0.2, 0.25) is 0 Å². The number of aromatic nitrogens is 2. The Hall–Kier alpha value is -1.94. The van der Waals surface area contributed by atoms with Gasteiger partial charge in [-0.25, -0.2) is 4.98 Å². The van der Waals surface area contributed by atoms with Gasteiger partial charge in [0.1, 0.15) is 17.0 Å². The molecule has 20 heavy (non-hydrogen) atoms. The van der Waals surface area contributed by atoms with Gasteiger partial charge in [0.15, 0.2) is 6.29 Å². The number of carbonyl (C=O) groups is 1. The van der Waals surface area contributed by atoms with Gasteiger partial charge in [-0.1, -0.05) is 23.8 Å². The third kappa shape index (κ3) is 2.06. The van der Waals surface area contributed by atoms with Crippen LogP contribution >= 0.6 is 15.9 Å². The van der Waals surface area contributed by atoms with Crippen molar-refractivity contribution in [2.24, 2.45) is 0 Å². The summed E-state index contributed by atoms with van der Waals surface area (Å²) in [5, 5.41) is 0. The van der Waals surface area contributed by atoms with Crippen LogP contribution in [0.3, 0.4) is 0 Å². The Morgan fingerprint density at radius 3 is 2.70 bits per heavy atom. The van der Waals surface area contributed by atoms with Crippen LogP contribution in [0.25, 0.3) is 16.9 Å². The van der Waals surface area contributed by atoms with Gasteiger partial charge in [-0.2, -0.15) is 0 Å². The quantitative estimate of drug-likeness (QED) is 0.661. The van der Waals surface area contributed by atoms with Crippen molar-refractivity contribution >= 4 is 27.9 Å².